The number of aromatic nitrogens is 3. The zero-order valence-electron chi connectivity index (χ0n) is 37.2. The van der Waals surface area contributed by atoms with Gasteiger partial charge >= 0.3 is 0 Å². The molecule has 322 valence electrons. The fraction of sp³-hybridized carbons (Fsp3) is 0.0156. The summed E-state index contributed by atoms with van der Waals surface area (Å²) in [6.45, 7) is 0. The van der Waals surface area contributed by atoms with Gasteiger partial charge in [0, 0.05) is 57.0 Å². The zero-order chi connectivity index (χ0) is 45.5. The van der Waals surface area contributed by atoms with E-state index in [1.807, 2.05) is 18.2 Å². The van der Waals surface area contributed by atoms with E-state index in [2.05, 4.69) is 218 Å². The quantitative estimate of drug-likeness (QED) is 0.160. The van der Waals surface area contributed by atoms with Gasteiger partial charge in [0.2, 0.25) is 0 Å². The molecule has 0 spiro atoms. The summed E-state index contributed by atoms with van der Waals surface area (Å²) in [5.41, 5.74) is 15.0. The van der Waals surface area contributed by atoms with Gasteiger partial charge in [-0.2, -0.15) is 0 Å². The smallest absolute Gasteiger partial charge is 0.165 e. The average molecular weight is 914 g/mol. The number of benzene rings is 10. The van der Waals surface area contributed by atoms with E-state index in [0.717, 1.165) is 21.4 Å². The van der Waals surface area contributed by atoms with Crippen molar-refractivity contribution in [3.63, 3.8) is 0 Å². The van der Waals surface area contributed by atoms with Crippen molar-refractivity contribution in [2.24, 2.45) is 0 Å². The SMILES string of the molecule is c1ccc(-c2ccc3c(c2)sc2c(-c4nc(-c5ccccc5)nc(-c5cccc6c5sc5ccc(-c7cccc8c7-c7ccccc7C8(c7ccccc7)c7ccccc7)cc56)n4)cccc23)cc1. The predicted octanol–water partition coefficient (Wildman–Crippen LogP) is 17.3. The number of nitrogens with zero attached hydrogens (tertiary/aromatic N) is 3. The summed E-state index contributed by atoms with van der Waals surface area (Å²) in [6.07, 6.45) is 0. The molecular weight excluding hydrogens is 875 g/mol. The summed E-state index contributed by atoms with van der Waals surface area (Å²) in [4.78, 5) is 15.9. The van der Waals surface area contributed by atoms with Gasteiger partial charge in [0.1, 0.15) is 0 Å². The number of hydrogen-bond donors (Lipinski definition) is 0. The highest BCUT2D eigenvalue weighted by Gasteiger charge is 2.46. The molecule has 0 fully saturated rings. The van der Waals surface area contributed by atoms with Crippen molar-refractivity contribution in [1.82, 2.24) is 15.0 Å². The first-order valence-electron chi connectivity index (χ1n) is 23.3. The highest BCUT2D eigenvalue weighted by molar-refractivity contribution is 7.26. The fourth-order valence-corrected chi connectivity index (χ4v) is 13.4. The second-order valence-electron chi connectivity index (χ2n) is 17.8. The lowest BCUT2D eigenvalue weighted by Crippen LogP contribution is -2.28. The summed E-state index contributed by atoms with van der Waals surface area (Å²) in [6, 6.07) is 85.8. The first kappa shape index (κ1) is 39.8. The Kier molecular flexibility index (Phi) is 9.16. The maximum absolute atomic E-state index is 5.39. The van der Waals surface area contributed by atoms with Crippen LogP contribution >= 0.6 is 22.7 Å². The minimum absolute atomic E-state index is 0.463. The fourth-order valence-electron chi connectivity index (χ4n) is 11.0. The van der Waals surface area contributed by atoms with Gasteiger partial charge in [0.15, 0.2) is 17.5 Å². The number of rotatable bonds is 7. The molecule has 0 amide bonds. The molecule has 0 atom stereocenters. The van der Waals surface area contributed by atoms with Crippen LogP contribution in [0.1, 0.15) is 22.3 Å². The van der Waals surface area contributed by atoms with Crippen LogP contribution in [-0.4, -0.2) is 15.0 Å². The van der Waals surface area contributed by atoms with Gasteiger partial charge in [-0.3, -0.25) is 0 Å². The molecule has 0 saturated carbocycles. The summed E-state index contributed by atoms with van der Waals surface area (Å²) in [5, 5.41) is 4.85. The third kappa shape index (κ3) is 6.21. The molecular formula is C64H39N3S2. The molecule has 5 heteroatoms. The van der Waals surface area contributed by atoms with Crippen LogP contribution in [0.4, 0.5) is 0 Å². The van der Waals surface area contributed by atoms with E-state index in [1.54, 1.807) is 22.7 Å². The molecule has 0 aliphatic heterocycles. The van der Waals surface area contributed by atoms with Crippen LogP contribution < -0.4 is 0 Å². The van der Waals surface area contributed by atoms with Crippen LogP contribution in [0.25, 0.3) is 108 Å². The Hall–Kier alpha value is -8.35. The molecule has 0 unspecified atom stereocenters. The largest absolute Gasteiger partial charge is 0.208 e. The van der Waals surface area contributed by atoms with Crippen molar-refractivity contribution in [2.45, 2.75) is 5.41 Å². The molecule has 69 heavy (non-hydrogen) atoms. The van der Waals surface area contributed by atoms with E-state index in [0.29, 0.717) is 17.5 Å². The maximum atomic E-state index is 5.39. The van der Waals surface area contributed by atoms with Gasteiger partial charge in [0.25, 0.3) is 0 Å². The van der Waals surface area contributed by atoms with Gasteiger partial charge in [-0.05, 0) is 86.0 Å². The summed E-state index contributed by atoms with van der Waals surface area (Å²) in [7, 11) is 0. The van der Waals surface area contributed by atoms with Crippen LogP contribution in [0.15, 0.2) is 237 Å². The first-order valence-corrected chi connectivity index (χ1v) is 25.0. The molecule has 0 radical (unpaired) electrons. The molecule has 3 heterocycles. The highest BCUT2D eigenvalue weighted by atomic mass is 32.1. The minimum Gasteiger partial charge on any atom is -0.208 e. The molecule has 1 aliphatic carbocycles. The van der Waals surface area contributed by atoms with Crippen LogP contribution in [-0.2, 0) is 5.41 Å². The molecule has 0 N–H and O–H groups in total. The molecule has 0 saturated heterocycles. The second-order valence-corrected chi connectivity index (χ2v) is 19.9. The van der Waals surface area contributed by atoms with E-state index in [9.17, 15) is 0 Å². The monoisotopic (exact) mass is 913 g/mol. The van der Waals surface area contributed by atoms with Gasteiger partial charge in [-0.1, -0.05) is 206 Å². The molecule has 10 aromatic carbocycles. The number of hydrogen-bond acceptors (Lipinski definition) is 5. The Morgan fingerprint density at radius 2 is 0.797 bits per heavy atom. The number of thiophene rings is 2. The predicted molar refractivity (Wildman–Crippen MR) is 290 cm³/mol. The lowest BCUT2D eigenvalue weighted by atomic mass is 9.67. The Labute approximate surface area is 407 Å². The molecule has 1 aliphatic rings. The van der Waals surface area contributed by atoms with Crippen molar-refractivity contribution in [3.8, 4) is 67.5 Å². The first-order chi connectivity index (χ1) is 34.2. The third-order valence-electron chi connectivity index (χ3n) is 14.0. The number of fused-ring (bicyclic) bond motifs is 9. The minimum atomic E-state index is -0.463. The van der Waals surface area contributed by atoms with E-state index in [-0.39, 0.29) is 0 Å². The average Bonchev–Trinajstić information content (AvgIpc) is 4.10. The topological polar surface area (TPSA) is 38.7 Å². The van der Waals surface area contributed by atoms with Crippen molar-refractivity contribution in [2.75, 3.05) is 0 Å². The Bertz CT molecular complexity index is 4080. The van der Waals surface area contributed by atoms with Crippen LogP contribution in [0, 0.1) is 0 Å². The van der Waals surface area contributed by atoms with Crippen LogP contribution in [0.3, 0.4) is 0 Å². The molecule has 14 rings (SSSR count). The molecule has 3 nitrogen and oxygen atoms in total. The highest BCUT2D eigenvalue weighted by Crippen LogP contribution is 2.58. The Balaban J connectivity index is 0.933. The summed E-state index contributed by atoms with van der Waals surface area (Å²) < 4.78 is 4.79. The van der Waals surface area contributed by atoms with Crippen LogP contribution in [0.5, 0.6) is 0 Å². The Morgan fingerprint density at radius 3 is 1.48 bits per heavy atom. The van der Waals surface area contributed by atoms with Gasteiger partial charge in [-0.15, -0.1) is 22.7 Å². The zero-order valence-corrected chi connectivity index (χ0v) is 38.8. The normalized spacial score (nSPS) is 12.8. The van der Waals surface area contributed by atoms with Gasteiger partial charge < -0.3 is 0 Å². The van der Waals surface area contributed by atoms with E-state index in [1.165, 1.54) is 91.3 Å². The summed E-state index contributed by atoms with van der Waals surface area (Å²) in [5.74, 6) is 1.98. The Morgan fingerprint density at radius 1 is 0.290 bits per heavy atom. The lowest BCUT2D eigenvalue weighted by Gasteiger charge is -2.34. The van der Waals surface area contributed by atoms with Crippen molar-refractivity contribution >= 4 is 63.0 Å². The maximum Gasteiger partial charge on any atom is 0.165 e. The van der Waals surface area contributed by atoms with Crippen molar-refractivity contribution in [1.29, 1.82) is 0 Å². The standard InChI is InChI=1S/C64H39N3S2/c1-5-18-40(19-6-1)42-34-36-47-48-28-15-30-51(59(48)69-57(47)39-42)62-65-61(41-20-7-2-8-21-41)66-63(67-62)52-31-16-29-49-53-38-43(35-37-56(53)68-60(49)52)46-27-17-33-55-58(46)50-26-13-14-32-54(50)64(55,44-22-9-3-10-23-44)45-24-11-4-12-25-45/h1-39H. The van der Waals surface area contributed by atoms with Crippen LogP contribution in [0.2, 0.25) is 0 Å². The third-order valence-corrected chi connectivity index (χ3v) is 16.5. The molecule has 0 bridgehead atoms. The molecule has 13 aromatic rings. The van der Waals surface area contributed by atoms with E-state index < -0.39 is 5.41 Å². The van der Waals surface area contributed by atoms with E-state index in [4.69, 9.17) is 15.0 Å². The lowest BCUT2D eigenvalue weighted by molar-refractivity contribution is 0.768. The molecule has 3 aromatic heterocycles. The van der Waals surface area contributed by atoms with E-state index >= 15 is 0 Å². The van der Waals surface area contributed by atoms with Crippen molar-refractivity contribution in [3.05, 3.63) is 259 Å². The van der Waals surface area contributed by atoms with Crippen molar-refractivity contribution < 1.29 is 0 Å². The summed E-state index contributed by atoms with van der Waals surface area (Å²) >= 11 is 3.61. The van der Waals surface area contributed by atoms with Gasteiger partial charge in [0.05, 0.1) is 5.41 Å². The van der Waals surface area contributed by atoms with Gasteiger partial charge in [-0.25, -0.2) is 15.0 Å². The second kappa shape index (κ2) is 15.9.